The number of ketones is 1. The Morgan fingerprint density at radius 3 is 2.38 bits per heavy atom. The second-order valence-electron chi connectivity index (χ2n) is 3.59. The van der Waals surface area contributed by atoms with Crippen LogP contribution >= 0.6 is 31.9 Å². The van der Waals surface area contributed by atoms with Crippen molar-refractivity contribution in [2.24, 2.45) is 0 Å². The molecule has 0 bridgehead atoms. The summed E-state index contributed by atoms with van der Waals surface area (Å²) in [5, 5.41) is 0. The van der Waals surface area contributed by atoms with Crippen LogP contribution in [0.25, 0.3) is 0 Å². The minimum atomic E-state index is -0.651. The van der Waals surface area contributed by atoms with Crippen molar-refractivity contribution in [3.63, 3.8) is 0 Å². The molecule has 0 saturated carbocycles. The van der Waals surface area contributed by atoms with Gasteiger partial charge in [0.2, 0.25) is 0 Å². The molecule has 0 aromatic heterocycles. The van der Waals surface area contributed by atoms with Crippen molar-refractivity contribution in [1.82, 2.24) is 0 Å². The monoisotopic (exact) mass is 354 g/mol. The molecule has 0 N–H and O–H groups in total. The highest BCUT2D eigenvalue weighted by Gasteiger charge is 2.23. The molecule has 0 spiro atoms. The first-order chi connectivity index (χ1) is 7.34. The Kier molecular flexibility index (Phi) is 4.62. The first kappa shape index (κ1) is 13.8. The standard InChI is InChI=1S/C11H10Br2F2O/c1-5(11(13)6(2)16)7-3-8(12)10(15)4-9(7)14/h3-5,11H,1-2H3. The lowest BCUT2D eigenvalue weighted by molar-refractivity contribution is -0.116. The first-order valence-corrected chi connectivity index (χ1v) is 6.34. The number of carbonyl (C=O) groups is 1. The molecule has 0 amide bonds. The maximum atomic E-state index is 13.5. The van der Waals surface area contributed by atoms with Crippen LogP contribution in [0.5, 0.6) is 0 Å². The molecule has 0 radical (unpaired) electrons. The summed E-state index contributed by atoms with van der Waals surface area (Å²) < 4.78 is 26.7. The lowest BCUT2D eigenvalue weighted by Gasteiger charge is -2.17. The second-order valence-corrected chi connectivity index (χ2v) is 5.43. The Morgan fingerprint density at radius 2 is 1.88 bits per heavy atom. The van der Waals surface area contributed by atoms with E-state index < -0.39 is 16.5 Å². The zero-order valence-corrected chi connectivity index (χ0v) is 11.9. The molecular weight excluding hydrogens is 346 g/mol. The summed E-state index contributed by atoms with van der Waals surface area (Å²) in [6, 6.07) is 2.18. The number of carbonyl (C=O) groups excluding carboxylic acids is 1. The van der Waals surface area contributed by atoms with Gasteiger partial charge in [-0.2, -0.15) is 0 Å². The number of alkyl halides is 1. The summed E-state index contributed by atoms with van der Waals surface area (Å²) in [7, 11) is 0. The molecule has 88 valence electrons. The zero-order chi connectivity index (χ0) is 12.5. The molecule has 2 unspecified atom stereocenters. The average Bonchev–Trinajstić information content (AvgIpc) is 2.21. The van der Waals surface area contributed by atoms with Crippen molar-refractivity contribution in [2.45, 2.75) is 24.6 Å². The van der Waals surface area contributed by atoms with Gasteiger partial charge in [-0.05, 0) is 34.5 Å². The smallest absolute Gasteiger partial charge is 0.144 e. The Hall–Kier alpha value is -0.290. The van der Waals surface area contributed by atoms with Crippen LogP contribution in [-0.2, 0) is 4.79 Å². The van der Waals surface area contributed by atoms with E-state index in [-0.39, 0.29) is 16.2 Å². The molecule has 0 heterocycles. The summed E-state index contributed by atoms with van der Waals surface area (Å²) in [5.41, 5.74) is 0.311. The zero-order valence-electron chi connectivity index (χ0n) is 8.73. The predicted molar refractivity (Wildman–Crippen MR) is 65.9 cm³/mol. The van der Waals surface area contributed by atoms with Gasteiger partial charge in [-0.3, -0.25) is 4.79 Å². The lowest BCUT2D eigenvalue weighted by atomic mass is 9.95. The van der Waals surface area contributed by atoms with Crippen LogP contribution in [-0.4, -0.2) is 10.6 Å². The van der Waals surface area contributed by atoms with E-state index in [0.29, 0.717) is 5.56 Å². The van der Waals surface area contributed by atoms with Crippen molar-refractivity contribution in [3.05, 3.63) is 33.8 Å². The third-order valence-electron chi connectivity index (χ3n) is 2.36. The number of rotatable bonds is 3. The minimum Gasteiger partial charge on any atom is -0.299 e. The number of hydrogen-bond donors (Lipinski definition) is 0. The van der Waals surface area contributed by atoms with E-state index in [0.717, 1.165) is 6.07 Å². The summed E-state index contributed by atoms with van der Waals surface area (Å²) in [6.45, 7) is 3.13. The van der Waals surface area contributed by atoms with E-state index in [1.165, 1.54) is 13.0 Å². The second kappa shape index (κ2) is 5.36. The van der Waals surface area contributed by atoms with Gasteiger partial charge in [-0.15, -0.1) is 0 Å². The molecule has 0 fully saturated rings. The van der Waals surface area contributed by atoms with Crippen LogP contribution in [0.4, 0.5) is 8.78 Å². The molecule has 1 nitrogen and oxygen atoms in total. The van der Waals surface area contributed by atoms with Crippen molar-refractivity contribution in [3.8, 4) is 0 Å². The summed E-state index contributed by atoms with van der Waals surface area (Å²) >= 11 is 6.19. The van der Waals surface area contributed by atoms with E-state index >= 15 is 0 Å². The minimum absolute atomic E-state index is 0.0904. The van der Waals surface area contributed by atoms with E-state index in [1.807, 2.05) is 0 Å². The highest BCUT2D eigenvalue weighted by molar-refractivity contribution is 9.10. The number of Topliss-reactive ketones (excluding diaryl/α,β-unsaturated/α-hetero) is 1. The Balaban J connectivity index is 3.13. The fourth-order valence-corrected chi connectivity index (χ4v) is 2.04. The SMILES string of the molecule is CC(=O)C(Br)C(C)c1cc(Br)c(F)cc1F. The van der Waals surface area contributed by atoms with Crippen LogP contribution < -0.4 is 0 Å². The summed E-state index contributed by atoms with van der Waals surface area (Å²) in [5.74, 6) is -1.73. The average molecular weight is 356 g/mol. The van der Waals surface area contributed by atoms with Gasteiger partial charge in [-0.25, -0.2) is 8.78 Å². The predicted octanol–water partition coefficient (Wildman–Crippen LogP) is 4.18. The molecule has 0 aliphatic carbocycles. The van der Waals surface area contributed by atoms with E-state index in [1.54, 1.807) is 6.92 Å². The Labute approximate surface area is 109 Å². The maximum Gasteiger partial charge on any atom is 0.144 e. The van der Waals surface area contributed by atoms with Gasteiger partial charge in [0.15, 0.2) is 0 Å². The van der Waals surface area contributed by atoms with Gasteiger partial charge < -0.3 is 0 Å². The van der Waals surface area contributed by atoms with Gasteiger partial charge in [0, 0.05) is 12.0 Å². The normalized spacial score (nSPS) is 14.6. The van der Waals surface area contributed by atoms with Gasteiger partial charge >= 0.3 is 0 Å². The van der Waals surface area contributed by atoms with Gasteiger partial charge in [0.1, 0.15) is 17.4 Å². The van der Waals surface area contributed by atoms with Crippen LogP contribution in [0.15, 0.2) is 16.6 Å². The Morgan fingerprint density at radius 1 is 1.31 bits per heavy atom. The third kappa shape index (κ3) is 2.88. The van der Waals surface area contributed by atoms with Crippen molar-refractivity contribution in [1.29, 1.82) is 0 Å². The highest BCUT2D eigenvalue weighted by atomic mass is 79.9. The fraction of sp³-hybridized carbons (Fsp3) is 0.364. The molecule has 2 atom stereocenters. The Bertz CT molecular complexity index is 421. The summed E-state index contributed by atoms with van der Waals surface area (Å²) in [6.07, 6.45) is 0. The van der Waals surface area contributed by atoms with E-state index in [2.05, 4.69) is 31.9 Å². The van der Waals surface area contributed by atoms with Gasteiger partial charge in [0.25, 0.3) is 0 Å². The van der Waals surface area contributed by atoms with Crippen LogP contribution in [0, 0.1) is 11.6 Å². The largest absolute Gasteiger partial charge is 0.299 e. The molecule has 0 aliphatic heterocycles. The third-order valence-corrected chi connectivity index (χ3v) is 4.40. The maximum absolute atomic E-state index is 13.5. The van der Waals surface area contributed by atoms with Crippen molar-refractivity contribution >= 4 is 37.6 Å². The fourth-order valence-electron chi connectivity index (χ4n) is 1.40. The molecule has 5 heteroatoms. The van der Waals surface area contributed by atoms with E-state index in [4.69, 9.17) is 0 Å². The molecule has 1 aromatic carbocycles. The number of hydrogen-bond acceptors (Lipinski definition) is 1. The van der Waals surface area contributed by atoms with E-state index in [9.17, 15) is 13.6 Å². The van der Waals surface area contributed by atoms with Crippen molar-refractivity contribution in [2.75, 3.05) is 0 Å². The van der Waals surface area contributed by atoms with Crippen LogP contribution in [0.3, 0.4) is 0 Å². The van der Waals surface area contributed by atoms with Crippen LogP contribution in [0.1, 0.15) is 25.3 Å². The number of halogens is 4. The molecule has 1 rings (SSSR count). The lowest BCUT2D eigenvalue weighted by Crippen LogP contribution is -2.18. The number of benzene rings is 1. The summed E-state index contributed by atoms with van der Waals surface area (Å²) in [4.78, 5) is 10.7. The van der Waals surface area contributed by atoms with Gasteiger partial charge in [0.05, 0.1) is 9.30 Å². The van der Waals surface area contributed by atoms with Crippen molar-refractivity contribution < 1.29 is 13.6 Å². The molecule has 16 heavy (non-hydrogen) atoms. The molecule has 1 aromatic rings. The molecule has 0 aliphatic rings. The van der Waals surface area contributed by atoms with Crippen LogP contribution in [0.2, 0.25) is 0 Å². The molecular formula is C11H10Br2F2O. The quantitative estimate of drug-likeness (QED) is 0.587. The van der Waals surface area contributed by atoms with Gasteiger partial charge in [-0.1, -0.05) is 22.9 Å². The topological polar surface area (TPSA) is 17.1 Å². The molecule has 0 saturated heterocycles. The highest BCUT2D eigenvalue weighted by Crippen LogP contribution is 2.30. The first-order valence-electron chi connectivity index (χ1n) is 4.63.